The molecule has 1 fully saturated rings. The summed E-state index contributed by atoms with van der Waals surface area (Å²) in [4.78, 5) is 27.3. The summed E-state index contributed by atoms with van der Waals surface area (Å²) in [7, 11) is 0. The molecule has 4 rings (SSSR count). The number of ketones is 1. The number of ether oxygens (including phenoxy) is 3. The van der Waals surface area contributed by atoms with E-state index in [0.29, 0.717) is 62.8 Å². The fraction of sp³-hybridized carbons (Fsp3) is 0.308. The first-order valence-corrected chi connectivity index (χ1v) is 10.9. The normalized spacial score (nSPS) is 16.1. The number of piperidine rings is 1. The molecular weight excluding hydrogens is 406 g/mol. The third kappa shape index (κ3) is 5.19. The molecule has 2 aliphatic heterocycles. The van der Waals surface area contributed by atoms with Crippen molar-refractivity contribution in [2.75, 3.05) is 32.9 Å². The van der Waals surface area contributed by atoms with Crippen molar-refractivity contribution in [3.8, 4) is 17.2 Å². The quantitative estimate of drug-likeness (QED) is 0.373. The molecule has 1 saturated heterocycles. The van der Waals surface area contributed by atoms with Crippen LogP contribution in [0.2, 0.25) is 0 Å². The van der Waals surface area contributed by atoms with E-state index in [0.717, 1.165) is 11.3 Å². The van der Waals surface area contributed by atoms with Gasteiger partial charge >= 0.3 is 0 Å². The number of rotatable bonds is 7. The molecule has 0 N–H and O–H groups in total. The third-order valence-electron chi connectivity index (χ3n) is 5.67. The zero-order valence-electron chi connectivity index (χ0n) is 18.0. The number of nitrogens with zero attached hydrogens (tertiary/aromatic N) is 1. The molecule has 0 radical (unpaired) electrons. The van der Waals surface area contributed by atoms with Crippen molar-refractivity contribution in [3.63, 3.8) is 0 Å². The predicted octanol–water partition coefficient (Wildman–Crippen LogP) is 4.16. The summed E-state index contributed by atoms with van der Waals surface area (Å²) in [5.74, 6) is 2.04. The highest BCUT2D eigenvalue weighted by Crippen LogP contribution is 2.32. The Hall–Kier alpha value is -3.54. The van der Waals surface area contributed by atoms with Crippen LogP contribution in [0.25, 0.3) is 6.08 Å². The monoisotopic (exact) mass is 433 g/mol. The van der Waals surface area contributed by atoms with Gasteiger partial charge in [-0.15, -0.1) is 0 Å². The van der Waals surface area contributed by atoms with Crippen LogP contribution in [-0.4, -0.2) is 49.5 Å². The van der Waals surface area contributed by atoms with E-state index in [1.54, 1.807) is 41.3 Å². The van der Waals surface area contributed by atoms with Crippen LogP contribution in [0, 0.1) is 5.92 Å². The topological polar surface area (TPSA) is 65.1 Å². The molecular formula is C26H27NO5. The maximum atomic E-state index is 12.9. The fourth-order valence-corrected chi connectivity index (χ4v) is 3.90. The summed E-state index contributed by atoms with van der Waals surface area (Å²) in [5, 5.41) is 0. The van der Waals surface area contributed by atoms with Crippen LogP contribution in [0.3, 0.4) is 0 Å². The van der Waals surface area contributed by atoms with Crippen molar-refractivity contribution in [1.82, 2.24) is 4.90 Å². The molecule has 6 heteroatoms. The van der Waals surface area contributed by atoms with Gasteiger partial charge in [-0.05, 0) is 54.8 Å². The lowest BCUT2D eigenvalue weighted by Gasteiger charge is -2.30. The van der Waals surface area contributed by atoms with Crippen LogP contribution < -0.4 is 14.2 Å². The molecule has 2 aromatic rings. The van der Waals surface area contributed by atoms with Gasteiger partial charge in [-0.3, -0.25) is 9.59 Å². The average molecular weight is 434 g/mol. The van der Waals surface area contributed by atoms with E-state index < -0.39 is 0 Å². The Labute approximate surface area is 188 Å². The first-order chi connectivity index (χ1) is 15.6. The zero-order chi connectivity index (χ0) is 22.3. The van der Waals surface area contributed by atoms with Crippen LogP contribution in [0.5, 0.6) is 17.2 Å². The minimum Gasteiger partial charge on any atom is -0.490 e. The van der Waals surface area contributed by atoms with Crippen molar-refractivity contribution in [1.29, 1.82) is 0 Å². The number of likely N-dealkylation sites (tertiary alicyclic amines) is 1. The Kier molecular flexibility index (Phi) is 6.90. The Balaban J connectivity index is 1.29. The van der Waals surface area contributed by atoms with Gasteiger partial charge in [-0.1, -0.05) is 24.8 Å². The summed E-state index contributed by atoms with van der Waals surface area (Å²) < 4.78 is 16.6. The molecule has 166 valence electrons. The van der Waals surface area contributed by atoms with Gasteiger partial charge < -0.3 is 19.1 Å². The van der Waals surface area contributed by atoms with Crippen LogP contribution in [0.1, 0.15) is 28.8 Å². The molecule has 6 nitrogen and oxygen atoms in total. The highest BCUT2D eigenvalue weighted by Gasteiger charge is 2.28. The lowest BCUT2D eigenvalue weighted by Crippen LogP contribution is -2.39. The van der Waals surface area contributed by atoms with E-state index in [2.05, 4.69) is 6.58 Å². The maximum absolute atomic E-state index is 12.9. The summed E-state index contributed by atoms with van der Waals surface area (Å²) in [6.45, 7) is 6.24. The second-order valence-corrected chi connectivity index (χ2v) is 7.82. The Morgan fingerprint density at radius 2 is 1.75 bits per heavy atom. The molecule has 0 atom stereocenters. The molecule has 0 bridgehead atoms. The lowest BCUT2D eigenvalue weighted by atomic mass is 9.88. The van der Waals surface area contributed by atoms with Gasteiger partial charge in [0.15, 0.2) is 17.3 Å². The maximum Gasteiger partial charge on any atom is 0.246 e. The van der Waals surface area contributed by atoms with E-state index in [4.69, 9.17) is 14.2 Å². The highest BCUT2D eigenvalue weighted by atomic mass is 16.6. The predicted molar refractivity (Wildman–Crippen MR) is 122 cm³/mol. The largest absolute Gasteiger partial charge is 0.490 e. The van der Waals surface area contributed by atoms with Gasteiger partial charge in [-0.2, -0.15) is 0 Å². The van der Waals surface area contributed by atoms with Crippen LogP contribution in [-0.2, 0) is 4.79 Å². The second-order valence-electron chi connectivity index (χ2n) is 7.82. The lowest BCUT2D eigenvalue weighted by molar-refractivity contribution is -0.127. The van der Waals surface area contributed by atoms with Gasteiger partial charge in [-0.25, -0.2) is 0 Å². The molecule has 2 heterocycles. The van der Waals surface area contributed by atoms with E-state index in [-0.39, 0.29) is 17.6 Å². The third-order valence-corrected chi connectivity index (χ3v) is 5.67. The summed E-state index contributed by atoms with van der Waals surface area (Å²) >= 11 is 0. The van der Waals surface area contributed by atoms with Crippen molar-refractivity contribution in [2.24, 2.45) is 5.92 Å². The molecule has 32 heavy (non-hydrogen) atoms. The van der Waals surface area contributed by atoms with E-state index >= 15 is 0 Å². The number of fused-ring (bicyclic) bond motifs is 1. The molecule has 0 aromatic heterocycles. The van der Waals surface area contributed by atoms with Gasteiger partial charge in [0.2, 0.25) is 5.91 Å². The molecule has 1 amide bonds. The Morgan fingerprint density at radius 1 is 1.03 bits per heavy atom. The number of amides is 1. The molecule has 0 unspecified atom stereocenters. The summed E-state index contributed by atoms with van der Waals surface area (Å²) in [6.07, 6.45) is 6.39. The molecule has 0 saturated carbocycles. The van der Waals surface area contributed by atoms with Crippen LogP contribution in [0.4, 0.5) is 0 Å². The van der Waals surface area contributed by atoms with Crippen LogP contribution >= 0.6 is 0 Å². The Bertz CT molecular complexity index is 1000. The average Bonchev–Trinajstić information content (AvgIpc) is 2.86. The minimum atomic E-state index is -0.0892. The summed E-state index contributed by atoms with van der Waals surface area (Å²) in [6, 6.07) is 12.9. The zero-order valence-corrected chi connectivity index (χ0v) is 18.0. The number of hydrogen-bond acceptors (Lipinski definition) is 5. The first kappa shape index (κ1) is 21.7. The molecule has 2 aromatic carbocycles. The van der Waals surface area contributed by atoms with E-state index in [9.17, 15) is 9.59 Å². The van der Waals surface area contributed by atoms with Crippen molar-refractivity contribution < 1.29 is 23.8 Å². The van der Waals surface area contributed by atoms with Gasteiger partial charge in [0.25, 0.3) is 0 Å². The number of carbonyl (C=O) groups is 2. The number of hydrogen-bond donors (Lipinski definition) is 0. The second kappa shape index (κ2) is 10.2. The molecule has 0 aliphatic carbocycles. The number of carbonyl (C=O) groups excluding carboxylic acids is 2. The fourth-order valence-electron chi connectivity index (χ4n) is 3.90. The van der Waals surface area contributed by atoms with Crippen LogP contribution in [0.15, 0.2) is 61.2 Å². The molecule has 0 spiro atoms. The van der Waals surface area contributed by atoms with Gasteiger partial charge in [0.1, 0.15) is 25.6 Å². The van der Waals surface area contributed by atoms with Gasteiger partial charge in [0.05, 0.1) is 0 Å². The van der Waals surface area contributed by atoms with Crippen molar-refractivity contribution in [3.05, 3.63) is 72.3 Å². The van der Waals surface area contributed by atoms with Crippen molar-refractivity contribution in [2.45, 2.75) is 12.8 Å². The van der Waals surface area contributed by atoms with Crippen molar-refractivity contribution >= 4 is 17.8 Å². The minimum absolute atomic E-state index is 0.0396. The van der Waals surface area contributed by atoms with E-state index in [1.807, 2.05) is 24.3 Å². The summed E-state index contributed by atoms with van der Waals surface area (Å²) in [5.41, 5.74) is 1.56. The number of Topliss-reactive ketones (excluding diaryl/α,β-unsaturated/α-hetero) is 1. The number of benzene rings is 2. The first-order valence-electron chi connectivity index (χ1n) is 10.9. The highest BCUT2D eigenvalue weighted by molar-refractivity contribution is 5.99. The van der Waals surface area contributed by atoms with Gasteiger partial charge in [0, 0.05) is 30.6 Å². The SMILES string of the molecule is C=CCOc1ccc(/C=C/C(=O)N2CCC(C(=O)c3ccc4c(c3)OCCO4)CC2)cc1. The molecule has 2 aliphatic rings. The standard InChI is InChI=1S/C26H27NO5/c1-2-15-30-22-7-3-19(4-8-22)5-10-25(28)27-13-11-20(12-14-27)26(29)21-6-9-23-24(18-21)32-17-16-31-23/h2-10,18,20H,1,11-17H2/b10-5+. The van der Waals surface area contributed by atoms with E-state index in [1.165, 1.54) is 0 Å². The Morgan fingerprint density at radius 3 is 2.47 bits per heavy atom. The smallest absolute Gasteiger partial charge is 0.246 e.